The summed E-state index contributed by atoms with van der Waals surface area (Å²) >= 11 is 1.60. The lowest BCUT2D eigenvalue weighted by Crippen LogP contribution is -2.12. The van der Waals surface area contributed by atoms with Crippen molar-refractivity contribution in [3.63, 3.8) is 0 Å². The van der Waals surface area contributed by atoms with Crippen LogP contribution >= 0.6 is 11.8 Å². The highest BCUT2D eigenvalue weighted by atomic mass is 32.2. The number of hydrogen-bond donors (Lipinski definition) is 1. The third kappa shape index (κ3) is 3.74. The topological polar surface area (TPSA) is 72.1 Å². The van der Waals surface area contributed by atoms with Gasteiger partial charge in [0.25, 0.3) is 5.56 Å². The molecular formula is C19H18N2O3S. The maximum absolute atomic E-state index is 12.2. The number of carbonyl (C=O) groups excluding carboxylic acids is 1. The summed E-state index contributed by atoms with van der Waals surface area (Å²) in [5.41, 5.74) is 3.13. The van der Waals surface area contributed by atoms with Gasteiger partial charge in [0.15, 0.2) is 0 Å². The van der Waals surface area contributed by atoms with Crippen molar-refractivity contribution in [1.29, 1.82) is 0 Å². The second kappa shape index (κ2) is 7.11. The molecule has 2 aromatic carbocycles. The molecule has 0 aliphatic rings. The SMILES string of the molecule is COC(=O)c1ccc2c(=O)[nH]c(CSc3ccc(C)c(C)c3)nc2c1. The van der Waals surface area contributed by atoms with Crippen molar-refractivity contribution in [2.24, 2.45) is 0 Å². The minimum Gasteiger partial charge on any atom is -0.465 e. The van der Waals surface area contributed by atoms with E-state index in [4.69, 9.17) is 4.74 Å². The summed E-state index contributed by atoms with van der Waals surface area (Å²) in [6, 6.07) is 11.0. The zero-order valence-electron chi connectivity index (χ0n) is 14.3. The molecule has 1 aromatic heterocycles. The molecular weight excluding hydrogens is 336 g/mol. The van der Waals surface area contributed by atoms with Gasteiger partial charge in [0.05, 0.1) is 29.3 Å². The van der Waals surface area contributed by atoms with E-state index in [-0.39, 0.29) is 5.56 Å². The molecule has 0 saturated heterocycles. The van der Waals surface area contributed by atoms with Gasteiger partial charge in [-0.1, -0.05) is 6.07 Å². The zero-order chi connectivity index (χ0) is 18.0. The number of thioether (sulfide) groups is 1. The lowest BCUT2D eigenvalue weighted by atomic mass is 10.1. The minimum absolute atomic E-state index is 0.211. The number of nitrogens with one attached hydrogen (secondary N) is 1. The molecule has 3 aromatic rings. The normalized spacial score (nSPS) is 10.8. The van der Waals surface area contributed by atoms with E-state index in [2.05, 4.69) is 42.0 Å². The first-order valence-electron chi connectivity index (χ1n) is 7.79. The van der Waals surface area contributed by atoms with Crippen LogP contribution in [0.5, 0.6) is 0 Å². The number of H-pyrrole nitrogens is 1. The Labute approximate surface area is 149 Å². The molecule has 3 rings (SSSR count). The fourth-order valence-corrected chi connectivity index (χ4v) is 3.32. The zero-order valence-corrected chi connectivity index (χ0v) is 15.1. The molecule has 1 N–H and O–H groups in total. The molecule has 0 bridgehead atoms. The Kier molecular flexibility index (Phi) is 4.90. The molecule has 128 valence electrons. The van der Waals surface area contributed by atoms with Crippen molar-refractivity contribution in [3.8, 4) is 0 Å². The second-order valence-electron chi connectivity index (χ2n) is 5.77. The number of rotatable bonds is 4. The van der Waals surface area contributed by atoms with Crippen molar-refractivity contribution in [2.45, 2.75) is 24.5 Å². The molecule has 0 saturated carbocycles. The first-order chi connectivity index (χ1) is 12.0. The summed E-state index contributed by atoms with van der Waals surface area (Å²) in [5, 5.41) is 0.451. The number of methoxy groups -OCH3 is 1. The van der Waals surface area contributed by atoms with E-state index in [0.29, 0.717) is 28.0 Å². The van der Waals surface area contributed by atoms with Crippen LogP contribution in [0, 0.1) is 13.8 Å². The molecule has 0 atom stereocenters. The van der Waals surface area contributed by atoms with Gasteiger partial charge < -0.3 is 9.72 Å². The van der Waals surface area contributed by atoms with E-state index >= 15 is 0 Å². The van der Waals surface area contributed by atoms with Crippen LogP contribution in [-0.2, 0) is 10.5 Å². The average Bonchev–Trinajstić information content (AvgIpc) is 2.61. The van der Waals surface area contributed by atoms with Crippen LogP contribution in [0.15, 0.2) is 46.1 Å². The maximum Gasteiger partial charge on any atom is 0.337 e. The van der Waals surface area contributed by atoms with Gasteiger partial charge in [-0.3, -0.25) is 4.79 Å². The van der Waals surface area contributed by atoms with Gasteiger partial charge >= 0.3 is 5.97 Å². The molecule has 0 aliphatic carbocycles. The van der Waals surface area contributed by atoms with E-state index in [0.717, 1.165) is 4.90 Å². The van der Waals surface area contributed by atoms with E-state index in [9.17, 15) is 9.59 Å². The Morgan fingerprint density at radius 2 is 1.96 bits per heavy atom. The number of hydrogen-bond acceptors (Lipinski definition) is 5. The van der Waals surface area contributed by atoms with Gasteiger partial charge in [0.2, 0.25) is 0 Å². The molecule has 0 radical (unpaired) electrons. The molecule has 0 amide bonds. The molecule has 6 heteroatoms. The first-order valence-corrected chi connectivity index (χ1v) is 8.78. The van der Waals surface area contributed by atoms with Crippen LogP contribution in [0.1, 0.15) is 27.3 Å². The summed E-state index contributed by atoms with van der Waals surface area (Å²) in [6.07, 6.45) is 0. The molecule has 25 heavy (non-hydrogen) atoms. The third-order valence-corrected chi connectivity index (χ3v) is 5.04. The van der Waals surface area contributed by atoms with Crippen molar-refractivity contribution in [2.75, 3.05) is 7.11 Å². The number of benzene rings is 2. The lowest BCUT2D eigenvalue weighted by Gasteiger charge is -2.06. The minimum atomic E-state index is -0.449. The highest BCUT2D eigenvalue weighted by Gasteiger charge is 2.10. The summed E-state index contributed by atoms with van der Waals surface area (Å²) in [4.78, 5) is 32.3. The Morgan fingerprint density at radius 3 is 2.68 bits per heavy atom. The number of esters is 1. The van der Waals surface area contributed by atoms with Crippen LogP contribution in [0.2, 0.25) is 0 Å². The largest absolute Gasteiger partial charge is 0.465 e. The lowest BCUT2D eigenvalue weighted by molar-refractivity contribution is 0.0601. The number of aryl methyl sites for hydroxylation is 2. The Hall–Kier alpha value is -2.60. The molecule has 0 spiro atoms. The fourth-order valence-electron chi connectivity index (χ4n) is 2.46. The number of ether oxygens (including phenoxy) is 1. The van der Waals surface area contributed by atoms with E-state index in [1.54, 1.807) is 30.0 Å². The van der Waals surface area contributed by atoms with Crippen molar-refractivity contribution >= 4 is 28.6 Å². The van der Waals surface area contributed by atoms with Crippen LogP contribution in [-0.4, -0.2) is 23.0 Å². The number of fused-ring (bicyclic) bond motifs is 1. The summed E-state index contributed by atoms with van der Waals surface area (Å²) < 4.78 is 4.72. The number of nitrogens with zero attached hydrogens (tertiary/aromatic N) is 1. The van der Waals surface area contributed by atoms with Gasteiger partial charge in [0.1, 0.15) is 5.82 Å². The smallest absolute Gasteiger partial charge is 0.337 e. The quantitative estimate of drug-likeness (QED) is 0.572. The van der Waals surface area contributed by atoms with Gasteiger partial charge in [-0.15, -0.1) is 11.8 Å². The molecule has 0 aliphatic heterocycles. The van der Waals surface area contributed by atoms with Gasteiger partial charge in [0, 0.05) is 4.90 Å². The van der Waals surface area contributed by atoms with Gasteiger partial charge in [-0.2, -0.15) is 0 Å². The Morgan fingerprint density at radius 1 is 1.16 bits per heavy atom. The van der Waals surface area contributed by atoms with Gasteiger partial charge in [-0.25, -0.2) is 9.78 Å². The summed E-state index contributed by atoms with van der Waals surface area (Å²) in [6.45, 7) is 4.15. The summed E-state index contributed by atoms with van der Waals surface area (Å²) in [7, 11) is 1.32. The van der Waals surface area contributed by atoms with Crippen LogP contribution in [0.4, 0.5) is 0 Å². The highest BCUT2D eigenvalue weighted by Crippen LogP contribution is 2.24. The van der Waals surface area contributed by atoms with Crippen molar-refractivity contribution < 1.29 is 9.53 Å². The number of carbonyl (C=O) groups is 1. The molecule has 0 fully saturated rings. The molecule has 1 heterocycles. The predicted molar refractivity (Wildman–Crippen MR) is 99.2 cm³/mol. The Balaban J connectivity index is 1.89. The number of aromatic amines is 1. The van der Waals surface area contributed by atoms with Crippen LogP contribution < -0.4 is 5.56 Å². The fraction of sp³-hybridized carbons (Fsp3) is 0.211. The van der Waals surface area contributed by atoms with E-state index < -0.39 is 5.97 Å². The number of aromatic nitrogens is 2. The van der Waals surface area contributed by atoms with E-state index in [1.165, 1.54) is 18.2 Å². The Bertz CT molecular complexity index is 1010. The second-order valence-corrected chi connectivity index (χ2v) is 6.82. The van der Waals surface area contributed by atoms with Crippen molar-refractivity contribution in [3.05, 3.63) is 69.3 Å². The van der Waals surface area contributed by atoms with Gasteiger partial charge in [-0.05, 0) is 55.3 Å². The highest BCUT2D eigenvalue weighted by molar-refractivity contribution is 7.98. The predicted octanol–water partition coefficient (Wildman–Crippen LogP) is 3.62. The van der Waals surface area contributed by atoms with Crippen LogP contribution in [0.3, 0.4) is 0 Å². The maximum atomic E-state index is 12.2. The van der Waals surface area contributed by atoms with Crippen molar-refractivity contribution in [1.82, 2.24) is 9.97 Å². The standard InChI is InChI=1S/C19H18N2O3S/c1-11-4-6-14(8-12(11)2)25-10-17-20-16-9-13(19(23)24-3)5-7-15(16)18(22)21-17/h4-9H,10H2,1-3H3,(H,20,21,22). The average molecular weight is 354 g/mol. The van der Waals surface area contributed by atoms with E-state index in [1.807, 2.05) is 0 Å². The molecule has 5 nitrogen and oxygen atoms in total. The monoisotopic (exact) mass is 354 g/mol. The summed E-state index contributed by atoms with van der Waals surface area (Å²) in [5.74, 6) is 0.661. The third-order valence-electron chi connectivity index (χ3n) is 4.03. The first kappa shape index (κ1) is 17.2. The molecule has 0 unspecified atom stereocenters. The van der Waals surface area contributed by atoms with Crippen LogP contribution in [0.25, 0.3) is 10.9 Å².